The van der Waals surface area contributed by atoms with Crippen molar-refractivity contribution in [2.75, 3.05) is 0 Å². The second kappa shape index (κ2) is 3.62. The zero-order valence-corrected chi connectivity index (χ0v) is 8.64. The predicted molar refractivity (Wildman–Crippen MR) is 57.5 cm³/mol. The minimum absolute atomic E-state index is 0.0377. The predicted octanol–water partition coefficient (Wildman–Crippen LogP) is 2.31. The Balaban J connectivity index is 2.32. The molecule has 15 heavy (non-hydrogen) atoms. The van der Waals surface area contributed by atoms with Crippen LogP contribution < -0.4 is 5.73 Å². The lowest BCUT2D eigenvalue weighted by molar-refractivity contribution is -0.385. The second-order valence-electron chi connectivity index (χ2n) is 4.17. The highest BCUT2D eigenvalue weighted by Gasteiger charge is 2.30. The van der Waals surface area contributed by atoms with Gasteiger partial charge in [0.25, 0.3) is 5.69 Å². The van der Waals surface area contributed by atoms with Crippen molar-refractivity contribution in [3.8, 4) is 0 Å². The van der Waals surface area contributed by atoms with E-state index in [-0.39, 0.29) is 16.7 Å². The average molecular weight is 206 g/mol. The van der Waals surface area contributed by atoms with Gasteiger partial charge >= 0.3 is 0 Å². The van der Waals surface area contributed by atoms with E-state index in [1.807, 2.05) is 6.07 Å². The quantitative estimate of drug-likeness (QED) is 0.609. The van der Waals surface area contributed by atoms with Crippen LogP contribution in [0.25, 0.3) is 0 Å². The average Bonchev–Trinajstić information content (AvgIpc) is 3.00. The minimum Gasteiger partial charge on any atom is -0.324 e. The van der Waals surface area contributed by atoms with Crippen molar-refractivity contribution in [3.05, 3.63) is 39.4 Å². The smallest absolute Gasteiger partial charge is 0.272 e. The van der Waals surface area contributed by atoms with E-state index in [0.29, 0.717) is 11.5 Å². The van der Waals surface area contributed by atoms with Crippen LogP contribution in [0.3, 0.4) is 0 Å². The van der Waals surface area contributed by atoms with Crippen molar-refractivity contribution in [3.63, 3.8) is 0 Å². The van der Waals surface area contributed by atoms with Crippen LogP contribution in [-0.2, 0) is 0 Å². The van der Waals surface area contributed by atoms with Crippen molar-refractivity contribution in [2.45, 2.75) is 25.8 Å². The topological polar surface area (TPSA) is 69.2 Å². The summed E-state index contributed by atoms with van der Waals surface area (Å²) in [6.45, 7) is 1.74. The molecule has 0 radical (unpaired) electrons. The number of benzene rings is 1. The maximum atomic E-state index is 10.7. The maximum Gasteiger partial charge on any atom is 0.272 e. The largest absolute Gasteiger partial charge is 0.324 e. The van der Waals surface area contributed by atoms with Crippen LogP contribution in [0, 0.1) is 23.0 Å². The van der Waals surface area contributed by atoms with E-state index in [4.69, 9.17) is 5.73 Å². The zero-order chi connectivity index (χ0) is 11.0. The summed E-state index contributed by atoms with van der Waals surface area (Å²) in [4.78, 5) is 10.4. The fourth-order valence-electron chi connectivity index (χ4n) is 1.76. The molecule has 1 aromatic rings. The van der Waals surface area contributed by atoms with Crippen LogP contribution in [0.2, 0.25) is 0 Å². The first kappa shape index (κ1) is 10.1. The van der Waals surface area contributed by atoms with E-state index in [1.54, 1.807) is 19.1 Å². The Morgan fingerprint density at radius 3 is 2.73 bits per heavy atom. The van der Waals surface area contributed by atoms with Crippen molar-refractivity contribution in [1.29, 1.82) is 0 Å². The molecule has 2 N–H and O–H groups in total. The number of aryl methyl sites for hydroxylation is 1. The maximum absolute atomic E-state index is 10.7. The van der Waals surface area contributed by atoms with E-state index in [1.165, 1.54) is 0 Å². The molecule has 1 aliphatic carbocycles. The third-order valence-corrected chi connectivity index (χ3v) is 2.94. The van der Waals surface area contributed by atoms with Crippen LogP contribution in [0.5, 0.6) is 0 Å². The Labute approximate surface area is 88.2 Å². The molecule has 0 bridgehead atoms. The van der Waals surface area contributed by atoms with Crippen molar-refractivity contribution < 1.29 is 4.92 Å². The van der Waals surface area contributed by atoms with Gasteiger partial charge in [-0.1, -0.05) is 12.1 Å². The number of nitro benzene ring substituents is 1. The van der Waals surface area contributed by atoms with E-state index in [0.717, 1.165) is 18.4 Å². The van der Waals surface area contributed by atoms with Gasteiger partial charge in [0.05, 0.1) is 4.92 Å². The highest BCUT2D eigenvalue weighted by molar-refractivity contribution is 5.43. The van der Waals surface area contributed by atoms with Gasteiger partial charge in [0.1, 0.15) is 0 Å². The molecule has 0 aromatic heterocycles. The summed E-state index contributed by atoms with van der Waals surface area (Å²) >= 11 is 0. The summed E-state index contributed by atoms with van der Waals surface area (Å²) in [5.74, 6) is 0.521. The molecule has 2 rings (SSSR count). The molecule has 80 valence electrons. The van der Waals surface area contributed by atoms with Crippen molar-refractivity contribution >= 4 is 5.69 Å². The van der Waals surface area contributed by atoms with Gasteiger partial charge in [-0.3, -0.25) is 10.1 Å². The molecule has 1 saturated carbocycles. The highest BCUT2D eigenvalue weighted by atomic mass is 16.6. The zero-order valence-electron chi connectivity index (χ0n) is 8.64. The first-order valence-electron chi connectivity index (χ1n) is 5.10. The second-order valence-corrected chi connectivity index (χ2v) is 4.17. The van der Waals surface area contributed by atoms with Gasteiger partial charge in [-0.15, -0.1) is 0 Å². The monoisotopic (exact) mass is 206 g/mol. The van der Waals surface area contributed by atoms with E-state index in [9.17, 15) is 10.1 Å². The summed E-state index contributed by atoms with van der Waals surface area (Å²) in [6, 6.07) is 5.24. The first-order valence-corrected chi connectivity index (χ1v) is 5.10. The number of nitro groups is 1. The van der Waals surface area contributed by atoms with Crippen LogP contribution >= 0.6 is 0 Å². The first-order chi connectivity index (χ1) is 7.09. The summed E-state index contributed by atoms with van der Waals surface area (Å²) in [6.07, 6.45) is 2.28. The van der Waals surface area contributed by atoms with Gasteiger partial charge in [-0.05, 0) is 31.2 Å². The normalized spacial score (nSPS) is 17.5. The molecule has 0 amide bonds. The third-order valence-electron chi connectivity index (χ3n) is 2.94. The standard InChI is InChI=1S/C11H14N2O2/c1-7-2-3-9(6-10(7)13(14)15)11(12)8-4-5-8/h2-3,6,8,11H,4-5,12H2,1H3/t11-/m1/s1. The minimum atomic E-state index is -0.349. The number of rotatable bonds is 3. The third kappa shape index (κ3) is 1.99. The van der Waals surface area contributed by atoms with E-state index >= 15 is 0 Å². The molecule has 1 fully saturated rings. The lowest BCUT2D eigenvalue weighted by Gasteiger charge is -2.10. The Hall–Kier alpha value is -1.42. The number of nitrogens with two attached hydrogens (primary N) is 1. The molecular weight excluding hydrogens is 192 g/mol. The van der Waals surface area contributed by atoms with Crippen LogP contribution in [0.15, 0.2) is 18.2 Å². The molecule has 4 nitrogen and oxygen atoms in total. The van der Waals surface area contributed by atoms with Gasteiger partial charge in [0.15, 0.2) is 0 Å². The fraction of sp³-hybridized carbons (Fsp3) is 0.455. The lowest BCUT2D eigenvalue weighted by atomic mass is 10.0. The Morgan fingerprint density at radius 1 is 1.53 bits per heavy atom. The Bertz CT molecular complexity index is 400. The molecule has 4 heteroatoms. The summed E-state index contributed by atoms with van der Waals surface area (Å²) in [5.41, 5.74) is 7.74. The van der Waals surface area contributed by atoms with Crippen molar-refractivity contribution in [2.24, 2.45) is 11.7 Å². The number of nitrogens with zero attached hydrogens (tertiary/aromatic N) is 1. The molecule has 0 unspecified atom stereocenters. The van der Waals surface area contributed by atoms with Gasteiger partial charge in [0.2, 0.25) is 0 Å². The Kier molecular flexibility index (Phi) is 2.44. The molecule has 0 heterocycles. The van der Waals surface area contributed by atoms with Crippen LogP contribution in [-0.4, -0.2) is 4.92 Å². The van der Waals surface area contributed by atoms with E-state index in [2.05, 4.69) is 0 Å². The molecule has 0 aliphatic heterocycles. The fourth-order valence-corrected chi connectivity index (χ4v) is 1.76. The van der Waals surface area contributed by atoms with Gasteiger partial charge in [0, 0.05) is 17.7 Å². The van der Waals surface area contributed by atoms with Gasteiger partial charge in [-0.25, -0.2) is 0 Å². The Morgan fingerprint density at radius 2 is 2.20 bits per heavy atom. The molecule has 1 atom stereocenters. The van der Waals surface area contributed by atoms with Gasteiger partial charge in [-0.2, -0.15) is 0 Å². The van der Waals surface area contributed by atoms with Crippen molar-refractivity contribution in [1.82, 2.24) is 0 Å². The SMILES string of the molecule is Cc1ccc([C@H](N)C2CC2)cc1[N+](=O)[O-]. The number of hydrogen-bond donors (Lipinski definition) is 1. The number of hydrogen-bond acceptors (Lipinski definition) is 3. The molecule has 0 spiro atoms. The summed E-state index contributed by atoms with van der Waals surface area (Å²) < 4.78 is 0. The molecular formula is C11H14N2O2. The highest BCUT2D eigenvalue weighted by Crippen LogP contribution is 2.40. The van der Waals surface area contributed by atoms with E-state index < -0.39 is 0 Å². The van der Waals surface area contributed by atoms with Crippen LogP contribution in [0.4, 0.5) is 5.69 Å². The van der Waals surface area contributed by atoms with Gasteiger partial charge < -0.3 is 5.73 Å². The summed E-state index contributed by atoms with van der Waals surface area (Å²) in [5, 5.41) is 10.7. The molecule has 0 saturated heterocycles. The summed E-state index contributed by atoms with van der Waals surface area (Å²) in [7, 11) is 0. The van der Waals surface area contributed by atoms with Crippen LogP contribution in [0.1, 0.15) is 30.0 Å². The molecule has 1 aromatic carbocycles. The molecule has 1 aliphatic rings. The lowest BCUT2D eigenvalue weighted by Crippen LogP contribution is -2.12.